The molecule has 0 spiro atoms. The third-order valence-corrected chi connectivity index (χ3v) is 2.94. The summed E-state index contributed by atoms with van der Waals surface area (Å²) in [6.45, 7) is 2.75. The van der Waals surface area contributed by atoms with Crippen molar-refractivity contribution < 1.29 is 9.13 Å². The van der Waals surface area contributed by atoms with E-state index in [2.05, 4.69) is 11.9 Å². The fourth-order valence-electron chi connectivity index (χ4n) is 2.00. The van der Waals surface area contributed by atoms with E-state index in [-0.39, 0.29) is 5.82 Å². The summed E-state index contributed by atoms with van der Waals surface area (Å²) in [7, 11) is 2.09. The second-order valence-electron chi connectivity index (χ2n) is 4.41. The van der Waals surface area contributed by atoms with Gasteiger partial charge >= 0.3 is 0 Å². The molecule has 0 saturated carbocycles. The normalized spacial score (nSPS) is 21.2. The molecule has 1 aliphatic rings. The highest BCUT2D eigenvalue weighted by molar-refractivity contribution is 5.52. The maximum absolute atomic E-state index is 13.0. The number of anilines is 1. The third-order valence-electron chi connectivity index (χ3n) is 2.94. The molecule has 3 nitrogen and oxygen atoms in total. The highest BCUT2D eigenvalue weighted by Gasteiger charge is 2.20. The fourth-order valence-corrected chi connectivity index (χ4v) is 2.00. The van der Waals surface area contributed by atoms with Crippen LogP contribution in [0.2, 0.25) is 0 Å². The average Bonchev–Trinajstić information content (AvgIpc) is 2.66. The summed E-state index contributed by atoms with van der Waals surface area (Å²) in [6.07, 6.45) is 1.13. The summed E-state index contributed by atoms with van der Waals surface area (Å²) in [5.74, 6) is 0.662. The summed E-state index contributed by atoms with van der Waals surface area (Å²) in [4.78, 5) is 2.27. The maximum Gasteiger partial charge on any atom is 0.145 e. The number of benzene rings is 1. The van der Waals surface area contributed by atoms with Crippen molar-refractivity contribution in [2.45, 2.75) is 6.42 Å². The molecule has 88 valence electrons. The molecule has 1 heterocycles. The van der Waals surface area contributed by atoms with Crippen LogP contribution in [0, 0.1) is 11.7 Å². The number of nitrogens with two attached hydrogens (primary N) is 1. The van der Waals surface area contributed by atoms with Crippen LogP contribution in [0.5, 0.6) is 5.75 Å². The zero-order valence-corrected chi connectivity index (χ0v) is 9.45. The van der Waals surface area contributed by atoms with Crippen molar-refractivity contribution in [2.24, 2.45) is 5.92 Å². The van der Waals surface area contributed by atoms with Crippen LogP contribution < -0.4 is 10.5 Å². The molecular formula is C12H17FN2O. The smallest absolute Gasteiger partial charge is 0.145 e. The second-order valence-corrected chi connectivity index (χ2v) is 4.41. The van der Waals surface area contributed by atoms with Crippen molar-refractivity contribution in [3.63, 3.8) is 0 Å². The zero-order valence-electron chi connectivity index (χ0n) is 9.45. The van der Waals surface area contributed by atoms with Crippen LogP contribution >= 0.6 is 0 Å². The van der Waals surface area contributed by atoms with Crippen molar-refractivity contribution in [1.29, 1.82) is 0 Å². The number of hydrogen-bond acceptors (Lipinski definition) is 3. The summed E-state index contributed by atoms with van der Waals surface area (Å²) in [5.41, 5.74) is 6.19. The largest absolute Gasteiger partial charge is 0.491 e. The molecule has 0 radical (unpaired) electrons. The Morgan fingerprint density at radius 1 is 1.56 bits per heavy atom. The Kier molecular flexibility index (Phi) is 3.29. The van der Waals surface area contributed by atoms with Gasteiger partial charge in [0.25, 0.3) is 0 Å². The van der Waals surface area contributed by atoms with Crippen molar-refractivity contribution in [1.82, 2.24) is 4.90 Å². The SMILES string of the molecule is CN1CCC(COc2cc(F)ccc2N)C1. The number of hydrogen-bond donors (Lipinski definition) is 1. The molecule has 0 amide bonds. The topological polar surface area (TPSA) is 38.5 Å². The van der Waals surface area contributed by atoms with Crippen LogP contribution in [0.3, 0.4) is 0 Å². The zero-order chi connectivity index (χ0) is 11.5. The van der Waals surface area contributed by atoms with Crippen LogP contribution in [-0.4, -0.2) is 31.6 Å². The van der Waals surface area contributed by atoms with E-state index < -0.39 is 0 Å². The van der Waals surface area contributed by atoms with Crippen LogP contribution in [0.25, 0.3) is 0 Å². The third kappa shape index (κ3) is 2.64. The van der Waals surface area contributed by atoms with Crippen LogP contribution in [0.4, 0.5) is 10.1 Å². The summed E-state index contributed by atoms with van der Waals surface area (Å²) in [6, 6.07) is 4.21. The molecule has 0 bridgehead atoms. The number of likely N-dealkylation sites (tertiary alicyclic amines) is 1. The molecule has 0 aliphatic carbocycles. The summed E-state index contributed by atoms with van der Waals surface area (Å²) < 4.78 is 18.5. The highest BCUT2D eigenvalue weighted by Crippen LogP contribution is 2.24. The number of ether oxygens (including phenoxy) is 1. The van der Waals surface area contributed by atoms with Crippen molar-refractivity contribution >= 4 is 5.69 Å². The van der Waals surface area contributed by atoms with E-state index in [0.29, 0.717) is 24.0 Å². The minimum absolute atomic E-state index is 0.312. The van der Waals surface area contributed by atoms with Gasteiger partial charge in [0, 0.05) is 18.5 Å². The Morgan fingerprint density at radius 3 is 3.06 bits per heavy atom. The van der Waals surface area contributed by atoms with Gasteiger partial charge in [0.05, 0.1) is 12.3 Å². The molecule has 4 heteroatoms. The molecule has 1 fully saturated rings. The van der Waals surface area contributed by atoms with Gasteiger partial charge in [-0.15, -0.1) is 0 Å². The molecule has 2 N–H and O–H groups in total. The number of rotatable bonds is 3. The first-order chi connectivity index (χ1) is 7.65. The molecular weight excluding hydrogens is 207 g/mol. The van der Waals surface area contributed by atoms with Crippen molar-refractivity contribution in [3.05, 3.63) is 24.0 Å². The van der Waals surface area contributed by atoms with E-state index in [0.717, 1.165) is 19.5 Å². The Labute approximate surface area is 95.0 Å². The van der Waals surface area contributed by atoms with Gasteiger partial charge in [-0.2, -0.15) is 0 Å². The van der Waals surface area contributed by atoms with Crippen molar-refractivity contribution in [3.8, 4) is 5.75 Å². The van der Waals surface area contributed by atoms with E-state index in [1.165, 1.54) is 18.2 Å². The molecule has 1 saturated heterocycles. The molecule has 2 rings (SSSR count). The number of nitrogens with zero attached hydrogens (tertiary/aromatic N) is 1. The van der Waals surface area contributed by atoms with Gasteiger partial charge in [-0.3, -0.25) is 0 Å². The monoisotopic (exact) mass is 224 g/mol. The molecule has 1 aromatic carbocycles. The number of halogens is 1. The Hall–Kier alpha value is -1.29. The lowest BCUT2D eigenvalue weighted by Gasteiger charge is -2.13. The lowest BCUT2D eigenvalue weighted by atomic mass is 10.1. The van der Waals surface area contributed by atoms with Crippen LogP contribution in [0.15, 0.2) is 18.2 Å². The lowest BCUT2D eigenvalue weighted by Crippen LogP contribution is -2.18. The standard InChI is InChI=1S/C12H17FN2O/c1-15-5-4-9(7-15)8-16-12-6-10(13)2-3-11(12)14/h2-3,6,9H,4-5,7-8,14H2,1H3. The number of nitrogen functional groups attached to an aromatic ring is 1. The summed E-state index contributed by atoms with van der Waals surface area (Å²) >= 11 is 0. The van der Waals surface area contributed by atoms with Gasteiger partial charge in [0.1, 0.15) is 11.6 Å². The maximum atomic E-state index is 13.0. The first kappa shape index (κ1) is 11.2. The minimum Gasteiger partial charge on any atom is -0.491 e. The van der Waals surface area contributed by atoms with Gasteiger partial charge in [-0.05, 0) is 32.1 Å². The Bertz CT molecular complexity index is 370. The Morgan fingerprint density at radius 2 is 2.38 bits per heavy atom. The van der Waals surface area contributed by atoms with E-state index in [4.69, 9.17) is 10.5 Å². The van der Waals surface area contributed by atoms with Crippen LogP contribution in [-0.2, 0) is 0 Å². The predicted molar refractivity (Wildman–Crippen MR) is 61.9 cm³/mol. The van der Waals surface area contributed by atoms with Gasteiger partial charge < -0.3 is 15.4 Å². The first-order valence-electron chi connectivity index (χ1n) is 5.51. The van der Waals surface area contributed by atoms with Gasteiger partial charge in [0.15, 0.2) is 0 Å². The van der Waals surface area contributed by atoms with E-state index in [1.54, 1.807) is 0 Å². The lowest BCUT2D eigenvalue weighted by molar-refractivity contribution is 0.249. The quantitative estimate of drug-likeness (QED) is 0.795. The van der Waals surface area contributed by atoms with Gasteiger partial charge in [-0.1, -0.05) is 0 Å². The van der Waals surface area contributed by atoms with Crippen LogP contribution in [0.1, 0.15) is 6.42 Å². The van der Waals surface area contributed by atoms with Gasteiger partial charge in [0.2, 0.25) is 0 Å². The first-order valence-corrected chi connectivity index (χ1v) is 5.51. The van der Waals surface area contributed by atoms with Gasteiger partial charge in [-0.25, -0.2) is 4.39 Å². The summed E-state index contributed by atoms with van der Waals surface area (Å²) in [5, 5.41) is 0. The second kappa shape index (κ2) is 4.70. The Balaban J connectivity index is 1.91. The van der Waals surface area contributed by atoms with E-state index in [9.17, 15) is 4.39 Å². The molecule has 0 aromatic heterocycles. The molecule has 1 unspecified atom stereocenters. The highest BCUT2D eigenvalue weighted by atomic mass is 19.1. The van der Waals surface area contributed by atoms with E-state index >= 15 is 0 Å². The average molecular weight is 224 g/mol. The van der Waals surface area contributed by atoms with Crippen molar-refractivity contribution in [2.75, 3.05) is 32.5 Å². The molecule has 16 heavy (non-hydrogen) atoms. The minimum atomic E-state index is -0.312. The van der Waals surface area contributed by atoms with E-state index in [1.807, 2.05) is 0 Å². The fraction of sp³-hybridized carbons (Fsp3) is 0.500. The molecule has 1 aliphatic heterocycles. The molecule has 1 aromatic rings. The predicted octanol–water partition coefficient (Wildman–Crippen LogP) is 1.74. The molecule has 1 atom stereocenters.